The van der Waals surface area contributed by atoms with Gasteiger partial charge in [0.1, 0.15) is 17.5 Å². The van der Waals surface area contributed by atoms with E-state index in [9.17, 15) is 4.79 Å². The van der Waals surface area contributed by atoms with E-state index in [2.05, 4.69) is 30.8 Å². The van der Waals surface area contributed by atoms with E-state index in [1.54, 1.807) is 24.3 Å². The first-order valence-electron chi connectivity index (χ1n) is 9.94. The summed E-state index contributed by atoms with van der Waals surface area (Å²) < 4.78 is 5.41. The average Bonchev–Trinajstić information content (AvgIpc) is 2.77. The van der Waals surface area contributed by atoms with Crippen LogP contribution in [0.25, 0.3) is 0 Å². The Morgan fingerprint density at radius 2 is 1.52 bits per heavy atom. The molecule has 31 heavy (non-hydrogen) atoms. The lowest BCUT2D eigenvalue weighted by Gasteiger charge is -2.28. The maximum atomic E-state index is 12.2. The molecule has 1 fully saturated rings. The lowest BCUT2D eigenvalue weighted by atomic mass is 10.2. The Morgan fingerprint density at radius 1 is 0.935 bits per heavy atom. The predicted octanol–water partition coefficient (Wildman–Crippen LogP) is 4.66. The van der Waals surface area contributed by atoms with Gasteiger partial charge in [-0.3, -0.25) is 0 Å². The van der Waals surface area contributed by atoms with Crippen LogP contribution < -0.4 is 20.9 Å². The van der Waals surface area contributed by atoms with E-state index < -0.39 is 0 Å². The standard InChI is InChI=1S/C22H23ClN6O2/c1-15-24-20(14-21(25-15)29-10-12-31-13-11-29)26-17-6-8-19(9-7-17)28-22(30)27-18-4-2-16(23)3-5-18/h2-9,14H,10-13H2,1H3,(H,24,25,26)(H2,27,28,30). The third-order valence-electron chi connectivity index (χ3n) is 4.68. The molecule has 1 aliphatic rings. The van der Waals surface area contributed by atoms with Crippen LogP contribution in [0.2, 0.25) is 5.02 Å². The van der Waals surface area contributed by atoms with Gasteiger partial charge in [-0.2, -0.15) is 0 Å². The van der Waals surface area contributed by atoms with Crippen LogP contribution in [-0.4, -0.2) is 42.3 Å². The minimum atomic E-state index is -0.329. The summed E-state index contributed by atoms with van der Waals surface area (Å²) in [7, 11) is 0. The molecule has 3 aromatic rings. The number of aromatic nitrogens is 2. The highest BCUT2D eigenvalue weighted by atomic mass is 35.5. The van der Waals surface area contributed by atoms with Gasteiger partial charge in [0, 0.05) is 41.2 Å². The van der Waals surface area contributed by atoms with Gasteiger partial charge in [0.2, 0.25) is 0 Å². The van der Waals surface area contributed by atoms with Gasteiger partial charge < -0.3 is 25.6 Å². The van der Waals surface area contributed by atoms with Crippen molar-refractivity contribution < 1.29 is 9.53 Å². The van der Waals surface area contributed by atoms with Crippen molar-refractivity contribution in [1.82, 2.24) is 9.97 Å². The van der Waals surface area contributed by atoms with Crippen LogP contribution in [0.15, 0.2) is 54.6 Å². The molecule has 0 radical (unpaired) electrons. The highest BCUT2D eigenvalue weighted by Gasteiger charge is 2.14. The average molecular weight is 439 g/mol. The Labute approximate surface area is 185 Å². The molecule has 9 heteroatoms. The number of hydrogen-bond donors (Lipinski definition) is 3. The number of halogens is 1. The van der Waals surface area contributed by atoms with Crippen molar-refractivity contribution in [2.24, 2.45) is 0 Å². The zero-order chi connectivity index (χ0) is 21.6. The first kappa shape index (κ1) is 20.9. The van der Waals surface area contributed by atoms with Crippen LogP contribution in [-0.2, 0) is 4.74 Å². The number of ether oxygens (including phenoxy) is 1. The Kier molecular flexibility index (Phi) is 6.49. The smallest absolute Gasteiger partial charge is 0.323 e. The summed E-state index contributed by atoms with van der Waals surface area (Å²) in [6.07, 6.45) is 0. The molecule has 0 aliphatic carbocycles. The molecular weight excluding hydrogens is 416 g/mol. The first-order chi connectivity index (χ1) is 15.0. The number of nitrogens with zero attached hydrogens (tertiary/aromatic N) is 3. The van der Waals surface area contributed by atoms with Gasteiger partial charge in [0.05, 0.1) is 13.2 Å². The van der Waals surface area contributed by atoms with Crippen molar-refractivity contribution in [3.63, 3.8) is 0 Å². The fourth-order valence-electron chi connectivity index (χ4n) is 3.18. The third-order valence-corrected chi connectivity index (χ3v) is 4.93. The molecule has 2 amide bonds. The molecule has 0 saturated carbocycles. The van der Waals surface area contributed by atoms with Gasteiger partial charge in [-0.1, -0.05) is 11.6 Å². The number of carbonyl (C=O) groups is 1. The fraction of sp³-hybridized carbons (Fsp3) is 0.227. The maximum Gasteiger partial charge on any atom is 0.323 e. The number of amides is 2. The van der Waals surface area contributed by atoms with Crippen molar-refractivity contribution in [1.29, 1.82) is 0 Å². The van der Waals surface area contributed by atoms with Crippen LogP contribution >= 0.6 is 11.6 Å². The van der Waals surface area contributed by atoms with Crippen LogP contribution in [0.5, 0.6) is 0 Å². The molecule has 1 saturated heterocycles. The van der Waals surface area contributed by atoms with Crippen molar-refractivity contribution in [3.05, 3.63) is 65.4 Å². The predicted molar refractivity (Wildman–Crippen MR) is 124 cm³/mol. The van der Waals surface area contributed by atoms with Crippen LogP contribution in [0.3, 0.4) is 0 Å². The van der Waals surface area contributed by atoms with Gasteiger partial charge in [0.25, 0.3) is 0 Å². The van der Waals surface area contributed by atoms with E-state index in [0.717, 1.165) is 30.4 Å². The summed E-state index contributed by atoms with van der Waals surface area (Å²) in [5.74, 6) is 2.30. The van der Waals surface area contributed by atoms with Crippen molar-refractivity contribution in [2.75, 3.05) is 47.2 Å². The van der Waals surface area contributed by atoms with Crippen LogP contribution in [0, 0.1) is 6.92 Å². The number of benzene rings is 2. The van der Waals surface area contributed by atoms with E-state index in [1.807, 2.05) is 37.3 Å². The second-order valence-electron chi connectivity index (χ2n) is 7.05. The largest absolute Gasteiger partial charge is 0.378 e. The van der Waals surface area contributed by atoms with Crippen LogP contribution in [0.4, 0.5) is 33.5 Å². The van der Waals surface area contributed by atoms with Gasteiger partial charge in [0.15, 0.2) is 0 Å². The first-order valence-corrected chi connectivity index (χ1v) is 10.3. The van der Waals surface area contributed by atoms with Crippen LogP contribution in [0.1, 0.15) is 5.82 Å². The molecule has 0 atom stereocenters. The summed E-state index contributed by atoms with van der Waals surface area (Å²) in [6, 6.07) is 15.9. The Hall–Kier alpha value is -3.36. The van der Waals surface area contributed by atoms with Crippen molar-refractivity contribution in [3.8, 4) is 0 Å². The van der Waals surface area contributed by atoms with E-state index in [4.69, 9.17) is 16.3 Å². The zero-order valence-electron chi connectivity index (χ0n) is 17.1. The van der Waals surface area contributed by atoms with E-state index in [1.165, 1.54) is 0 Å². The lowest BCUT2D eigenvalue weighted by molar-refractivity contribution is 0.122. The number of morpholine rings is 1. The molecule has 0 unspecified atom stereocenters. The lowest BCUT2D eigenvalue weighted by Crippen LogP contribution is -2.36. The Morgan fingerprint density at radius 3 is 2.16 bits per heavy atom. The summed E-state index contributed by atoms with van der Waals surface area (Å²) >= 11 is 5.86. The van der Waals surface area contributed by atoms with E-state index >= 15 is 0 Å². The van der Waals surface area contributed by atoms with Gasteiger partial charge in [-0.05, 0) is 55.5 Å². The highest BCUT2D eigenvalue weighted by molar-refractivity contribution is 6.30. The van der Waals surface area contributed by atoms with E-state index in [-0.39, 0.29) is 6.03 Å². The van der Waals surface area contributed by atoms with Gasteiger partial charge in [-0.15, -0.1) is 0 Å². The number of nitrogens with one attached hydrogen (secondary N) is 3. The fourth-order valence-corrected chi connectivity index (χ4v) is 3.31. The SMILES string of the molecule is Cc1nc(Nc2ccc(NC(=O)Nc3ccc(Cl)cc3)cc2)cc(N2CCOCC2)n1. The minimum Gasteiger partial charge on any atom is -0.378 e. The summed E-state index contributed by atoms with van der Waals surface area (Å²) in [4.78, 5) is 23.4. The second kappa shape index (κ2) is 9.63. The Balaban J connectivity index is 1.37. The minimum absolute atomic E-state index is 0.329. The molecule has 1 aromatic heterocycles. The molecule has 0 spiro atoms. The number of rotatable bonds is 5. The van der Waals surface area contributed by atoms with Gasteiger partial charge in [-0.25, -0.2) is 14.8 Å². The molecule has 1 aliphatic heterocycles. The monoisotopic (exact) mass is 438 g/mol. The van der Waals surface area contributed by atoms with Gasteiger partial charge >= 0.3 is 6.03 Å². The molecule has 3 N–H and O–H groups in total. The zero-order valence-corrected chi connectivity index (χ0v) is 17.8. The molecule has 4 rings (SSSR count). The molecular formula is C22H23ClN6O2. The number of carbonyl (C=O) groups excluding carboxylic acids is 1. The maximum absolute atomic E-state index is 12.2. The molecule has 0 bridgehead atoms. The topological polar surface area (TPSA) is 91.4 Å². The van der Waals surface area contributed by atoms with E-state index in [0.29, 0.717) is 35.4 Å². The van der Waals surface area contributed by atoms with Crippen molar-refractivity contribution in [2.45, 2.75) is 6.92 Å². The summed E-state index contributed by atoms with van der Waals surface area (Å²) in [5, 5.41) is 9.48. The third kappa shape index (κ3) is 5.84. The number of aryl methyl sites for hydroxylation is 1. The molecule has 2 heterocycles. The molecule has 8 nitrogen and oxygen atoms in total. The number of anilines is 5. The van der Waals surface area contributed by atoms with Crippen molar-refractivity contribution >= 4 is 46.3 Å². The summed E-state index contributed by atoms with van der Waals surface area (Å²) in [5.41, 5.74) is 2.19. The summed E-state index contributed by atoms with van der Waals surface area (Å²) in [6.45, 7) is 4.90. The second-order valence-corrected chi connectivity index (χ2v) is 7.48. The normalized spacial score (nSPS) is 13.5. The number of urea groups is 1. The molecule has 160 valence electrons. The highest BCUT2D eigenvalue weighted by Crippen LogP contribution is 2.22. The Bertz CT molecular complexity index is 1040. The number of hydrogen-bond acceptors (Lipinski definition) is 6. The quantitative estimate of drug-likeness (QED) is 0.536. The molecule has 2 aromatic carbocycles.